The maximum absolute atomic E-state index is 13.2. The van der Waals surface area contributed by atoms with Crippen LogP contribution in [0.15, 0.2) is 42.7 Å². The van der Waals surface area contributed by atoms with Crippen molar-refractivity contribution in [1.82, 2.24) is 25.1 Å². The molecule has 1 saturated carbocycles. The van der Waals surface area contributed by atoms with Crippen LogP contribution in [0.3, 0.4) is 0 Å². The highest BCUT2D eigenvalue weighted by Gasteiger charge is 2.33. The lowest BCUT2D eigenvalue weighted by atomic mass is 9.98. The molecule has 1 aromatic heterocycles. The molecular formula is C34H37Cl2N5O. The van der Waals surface area contributed by atoms with Gasteiger partial charge in [-0.25, -0.2) is 14.8 Å². The van der Waals surface area contributed by atoms with E-state index in [-0.39, 0.29) is 18.1 Å². The fraction of sp³-hybridized carbons (Fsp3) is 0.441. The second kappa shape index (κ2) is 12.2. The van der Waals surface area contributed by atoms with Gasteiger partial charge in [-0.15, -0.1) is 0 Å². The first-order valence-corrected chi connectivity index (χ1v) is 15.7. The average molecular weight is 603 g/mol. The summed E-state index contributed by atoms with van der Waals surface area (Å²) in [4.78, 5) is 26.4. The van der Waals surface area contributed by atoms with Gasteiger partial charge < -0.3 is 10.2 Å². The molecule has 3 aromatic rings. The van der Waals surface area contributed by atoms with E-state index in [0.717, 1.165) is 79.7 Å². The topological polar surface area (TPSA) is 61.4 Å². The normalized spacial score (nSPS) is 19.5. The van der Waals surface area contributed by atoms with Crippen molar-refractivity contribution in [3.8, 4) is 23.1 Å². The van der Waals surface area contributed by atoms with Gasteiger partial charge in [0.2, 0.25) is 0 Å². The highest BCUT2D eigenvalue weighted by atomic mass is 35.5. The van der Waals surface area contributed by atoms with Crippen molar-refractivity contribution in [2.45, 2.75) is 70.5 Å². The third-order valence-corrected chi connectivity index (χ3v) is 9.90. The van der Waals surface area contributed by atoms with E-state index in [1.807, 2.05) is 44.0 Å². The Morgan fingerprint density at radius 3 is 2.57 bits per heavy atom. The zero-order valence-electron chi connectivity index (χ0n) is 24.5. The quantitative estimate of drug-likeness (QED) is 0.310. The molecule has 1 unspecified atom stereocenters. The van der Waals surface area contributed by atoms with Gasteiger partial charge in [0, 0.05) is 55.0 Å². The summed E-state index contributed by atoms with van der Waals surface area (Å²) in [5.74, 6) is 6.87. The fourth-order valence-corrected chi connectivity index (χ4v) is 6.81. The molecule has 3 aliphatic rings. The third kappa shape index (κ3) is 6.15. The van der Waals surface area contributed by atoms with Crippen LogP contribution in [-0.4, -0.2) is 52.0 Å². The monoisotopic (exact) mass is 601 g/mol. The lowest BCUT2D eigenvalue weighted by molar-refractivity contribution is 0.105. The molecule has 6 nitrogen and oxygen atoms in total. The Bertz CT molecular complexity index is 1550. The van der Waals surface area contributed by atoms with Crippen molar-refractivity contribution >= 4 is 29.2 Å². The number of aromatic nitrogens is 2. The summed E-state index contributed by atoms with van der Waals surface area (Å²) < 4.78 is 0. The van der Waals surface area contributed by atoms with Crippen molar-refractivity contribution < 1.29 is 4.79 Å². The molecule has 2 amide bonds. The molecule has 0 radical (unpaired) electrons. The molecule has 1 N–H and O–H groups in total. The SMILES string of the molecule is Cc1cc(-c2ccc3c(c2)CCC3N2CCC(N(C)C(=O)N[C@@H](C)c3ccc(C#CC4CC4)c(Cl)c3Cl)CC2)ncn1. The summed E-state index contributed by atoms with van der Waals surface area (Å²) in [7, 11) is 1.90. The van der Waals surface area contributed by atoms with Crippen LogP contribution >= 0.6 is 23.2 Å². The molecule has 218 valence electrons. The highest BCUT2D eigenvalue weighted by Crippen LogP contribution is 2.39. The molecule has 2 aliphatic carbocycles. The predicted molar refractivity (Wildman–Crippen MR) is 169 cm³/mol. The first kappa shape index (κ1) is 29.0. The van der Waals surface area contributed by atoms with Gasteiger partial charge >= 0.3 is 6.03 Å². The Morgan fingerprint density at radius 1 is 1.05 bits per heavy atom. The molecule has 0 spiro atoms. The lowest BCUT2D eigenvalue weighted by Crippen LogP contribution is -2.49. The number of nitrogens with zero attached hydrogens (tertiary/aromatic N) is 4. The summed E-state index contributed by atoms with van der Waals surface area (Å²) >= 11 is 13.2. The molecule has 42 heavy (non-hydrogen) atoms. The predicted octanol–water partition coefficient (Wildman–Crippen LogP) is 7.37. The van der Waals surface area contributed by atoms with E-state index in [2.05, 4.69) is 50.2 Å². The largest absolute Gasteiger partial charge is 0.331 e. The van der Waals surface area contributed by atoms with Crippen LogP contribution in [0.1, 0.15) is 79.1 Å². The highest BCUT2D eigenvalue weighted by molar-refractivity contribution is 6.43. The molecule has 1 saturated heterocycles. The minimum atomic E-state index is -0.276. The standard InChI is InChI=1S/C34H37Cl2N5O/c1-21-18-30(38-20-37-21)26-9-12-29-25(19-26)10-13-31(29)41-16-14-27(15-17-41)40(3)34(42)39-22(2)28-11-8-24(32(35)33(28)36)7-6-23-4-5-23/h8-9,11-12,18-20,22-23,27,31H,4-5,10,13-17H2,1-3H3,(H,39,42)/t22-,31?/m0/s1. The third-order valence-electron chi connectivity index (χ3n) is 9.00. The van der Waals surface area contributed by atoms with E-state index in [9.17, 15) is 4.79 Å². The van der Waals surface area contributed by atoms with E-state index in [0.29, 0.717) is 22.0 Å². The zero-order valence-corrected chi connectivity index (χ0v) is 26.0. The molecule has 6 rings (SSSR count). The van der Waals surface area contributed by atoms with E-state index in [4.69, 9.17) is 23.2 Å². The number of likely N-dealkylation sites (tertiary alicyclic amines) is 1. The molecule has 2 fully saturated rings. The van der Waals surface area contributed by atoms with Crippen molar-refractivity contribution in [2.75, 3.05) is 20.1 Å². The molecule has 0 bridgehead atoms. The first-order valence-electron chi connectivity index (χ1n) is 15.0. The Labute approximate surface area is 258 Å². The van der Waals surface area contributed by atoms with Crippen LogP contribution in [0.5, 0.6) is 0 Å². The summed E-state index contributed by atoms with van der Waals surface area (Å²) in [6, 6.07) is 12.9. The van der Waals surface area contributed by atoms with Gasteiger partial charge in [-0.05, 0) is 87.3 Å². The molecule has 2 aromatic carbocycles. The number of benzene rings is 2. The number of hydrogen-bond acceptors (Lipinski definition) is 4. The molecular weight excluding hydrogens is 565 g/mol. The summed E-state index contributed by atoms with van der Waals surface area (Å²) in [5, 5.41) is 4.04. The molecule has 8 heteroatoms. The number of hydrogen-bond donors (Lipinski definition) is 1. The van der Waals surface area contributed by atoms with Crippen LogP contribution in [0.4, 0.5) is 4.79 Å². The van der Waals surface area contributed by atoms with Crippen LogP contribution in [0.25, 0.3) is 11.3 Å². The van der Waals surface area contributed by atoms with Gasteiger partial charge in [-0.1, -0.05) is 53.2 Å². The number of amides is 2. The number of halogens is 2. The number of rotatable bonds is 5. The Hall–Kier alpha value is -3.11. The van der Waals surface area contributed by atoms with Crippen molar-refractivity contribution in [2.24, 2.45) is 5.92 Å². The number of fused-ring (bicyclic) bond motifs is 1. The molecule has 1 aliphatic heterocycles. The minimum absolute atomic E-state index is 0.0931. The molecule has 2 atom stereocenters. The van der Waals surface area contributed by atoms with Crippen LogP contribution < -0.4 is 5.32 Å². The van der Waals surface area contributed by atoms with Crippen LogP contribution in [-0.2, 0) is 6.42 Å². The van der Waals surface area contributed by atoms with Crippen molar-refractivity contribution in [3.05, 3.63) is 80.7 Å². The van der Waals surface area contributed by atoms with Gasteiger partial charge in [0.15, 0.2) is 0 Å². The van der Waals surface area contributed by atoms with E-state index < -0.39 is 0 Å². The van der Waals surface area contributed by atoms with Crippen LogP contribution in [0.2, 0.25) is 10.0 Å². The summed E-state index contributed by atoms with van der Waals surface area (Å²) in [6.07, 6.45) is 8.07. The Morgan fingerprint density at radius 2 is 1.83 bits per heavy atom. The second-order valence-corrected chi connectivity index (χ2v) is 12.7. The zero-order chi connectivity index (χ0) is 29.4. The first-order chi connectivity index (χ1) is 20.3. The Kier molecular flexibility index (Phi) is 8.45. The number of carbonyl (C=O) groups is 1. The number of piperidine rings is 1. The van der Waals surface area contributed by atoms with Crippen molar-refractivity contribution in [1.29, 1.82) is 0 Å². The van der Waals surface area contributed by atoms with Crippen molar-refractivity contribution in [3.63, 3.8) is 0 Å². The number of nitrogens with one attached hydrogen (secondary N) is 1. The Balaban J connectivity index is 1.04. The van der Waals surface area contributed by atoms with E-state index >= 15 is 0 Å². The van der Waals surface area contributed by atoms with Gasteiger partial charge in [-0.2, -0.15) is 0 Å². The maximum atomic E-state index is 13.2. The van der Waals surface area contributed by atoms with Gasteiger partial charge in [0.25, 0.3) is 0 Å². The average Bonchev–Trinajstić information content (AvgIpc) is 3.73. The number of aryl methyl sites for hydroxylation is 2. The number of urea groups is 1. The summed E-state index contributed by atoms with van der Waals surface area (Å²) in [5.41, 5.74) is 7.50. The van der Waals surface area contributed by atoms with Gasteiger partial charge in [-0.3, -0.25) is 4.90 Å². The lowest BCUT2D eigenvalue weighted by Gasteiger charge is -2.40. The van der Waals surface area contributed by atoms with Gasteiger partial charge in [0.1, 0.15) is 6.33 Å². The summed E-state index contributed by atoms with van der Waals surface area (Å²) in [6.45, 7) is 5.88. The fourth-order valence-electron chi connectivity index (χ4n) is 6.26. The number of carbonyl (C=O) groups excluding carboxylic acids is 1. The van der Waals surface area contributed by atoms with Gasteiger partial charge in [0.05, 0.1) is 21.8 Å². The maximum Gasteiger partial charge on any atom is 0.317 e. The smallest absolute Gasteiger partial charge is 0.317 e. The second-order valence-electron chi connectivity index (χ2n) is 11.9. The van der Waals surface area contributed by atoms with E-state index in [1.54, 1.807) is 6.33 Å². The minimum Gasteiger partial charge on any atom is -0.331 e. The molecule has 2 heterocycles. The van der Waals surface area contributed by atoms with E-state index in [1.165, 1.54) is 11.1 Å². The van der Waals surface area contributed by atoms with Crippen LogP contribution in [0, 0.1) is 24.7 Å².